The lowest BCUT2D eigenvalue weighted by Crippen LogP contribution is -2.40. The van der Waals surface area contributed by atoms with Gasteiger partial charge in [-0.15, -0.1) is 24.0 Å². The van der Waals surface area contributed by atoms with Crippen LogP contribution in [0.2, 0.25) is 0 Å². The summed E-state index contributed by atoms with van der Waals surface area (Å²) < 4.78 is 5.71. The number of ether oxygens (including phenoxy) is 1. The second kappa shape index (κ2) is 13.2. The predicted molar refractivity (Wildman–Crippen MR) is 136 cm³/mol. The number of hydrogen-bond acceptors (Lipinski definition) is 3. The molecule has 1 heterocycles. The number of carbonyl (C=O) groups excluding carboxylic acids is 1. The van der Waals surface area contributed by atoms with Crippen molar-refractivity contribution in [1.82, 2.24) is 15.5 Å². The Morgan fingerprint density at radius 1 is 1.06 bits per heavy atom. The van der Waals surface area contributed by atoms with Crippen LogP contribution < -0.4 is 15.4 Å². The molecular formula is C24H33IN4O2. The lowest BCUT2D eigenvalue weighted by Gasteiger charge is -2.29. The minimum absolute atomic E-state index is 0. The molecule has 2 aromatic rings. The van der Waals surface area contributed by atoms with Crippen molar-refractivity contribution in [3.05, 3.63) is 65.2 Å². The summed E-state index contributed by atoms with van der Waals surface area (Å²) >= 11 is 0. The molecule has 6 nitrogen and oxygen atoms in total. The van der Waals surface area contributed by atoms with Gasteiger partial charge >= 0.3 is 0 Å². The Labute approximate surface area is 202 Å². The quantitative estimate of drug-likeness (QED) is 0.235. The Hall–Kier alpha value is -2.29. The van der Waals surface area contributed by atoms with Crippen molar-refractivity contribution in [2.75, 3.05) is 33.3 Å². The third-order valence-electron chi connectivity index (χ3n) is 5.25. The van der Waals surface area contributed by atoms with Gasteiger partial charge in [0.25, 0.3) is 0 Å². The Bertz CT molecular complexity index is 855. The fourth-order valence-corrected chi connectivity index (χ4v) is 3.51. The maximum absolute atomic E-state index is 12.5. The number of halogens is 1. The molecule has 0 spiro atoms. The van der Waals surface area contributed by atoms with Gasteiger partial charge in [-0.25, -0.2) is 0 Å². The number of nitrogens with one attached hydrogen (secondary N) is 2. The van der Waals surface area contributed by atoms with Crippen LogP contribution in [0, 0.1) is 6.92 Å². The van der Waals surface area contributed by atoms with Crippen LogP contribution in [-0.4, -0.2) is 50.1 Å². The zero-order valence-electron chi connectivity index (χ0n) is 18.4. The van der Waals surface area contributed by atoms with Crippen LogP contribution in [0.3, 0.4) is 0 Å². The Morgan fingerprint density at radius 2 is 1.77 bits per heavy atom. The average molecular weight is 536 g/mol. The molecule has 168 valence electrons. The molecule has 0 fully saturated rings. The number of carbonyl (C=O) groups is 1. The van der Waals surface area contributed by atoms with Crippen LogP contribution in [0.5, 0.6) is 5.75 Å². The van der Waals surface area contributed by atoms with E-state index >= 15 is 0 Å². The van der Waals surface area contributed by atoms with Crippen molar-refractivity contribution in [3.63, 3.8) is 0 Å². The largest absolute Gasteiger partial charge is 0.492 e. The number of rotatable bonds is 8. The van der Waals surface area contributed by atoms with Gasteiger partial charge in [-0.3, -0.25) is 9.79 Å². The van der Waals surface area contributed by atoms with E-state index in [1.54, 1.807) is 7.05 Å². The van der Waals surface area contributed by atoms with Crippen LogP contribution in [0.15, 0.2) is 53.5 Å². The van der Waals surface area contributed by atoms with Crippen LogP contribution in [0.4, 0.5) is 0 Å². The fourth-order valence-electron chi connectivity index (χ4n) is 3.51. The minimum atomic E-state index is 0. The number of fused-ring (bicyclic) bond motifs is 1. The van der Waals surface area contributed by atoms with Crippen molar-refractivity contribution in [1.29, 1.82) is 0 Å². The van der Waals surface area contributed by atoms with E-state index in [1.807, 2.05) is 35.2 Å². The maximum Gasteiger partial charge on any atom is 0.222 e. The first-order valence-electron chi connectivity index (χ1n) is 10.6. The van der Waals surface area contributed by atoms with Crippen LogP contribution in [0.25, 0.3) is 0 Å². The van der Waals surface area contributed by atoms with E-state index in [0.29, 0.717) is 26.1 Å². The summed E-state index contributed by atoms with van der Waals surface area (Å²) in [6.45, 7) is 5.51. The number of amides is 1. The van der Waals surface area contributed by atoms with E-state index in [4.69, 9.17) is 4.74 Å². The van der Waals surface area contributed by atoms with Gasteiger partial charge in [0.2, 0.25) is 5.91 Å². The third kappa shape index (κ3) is 8.05. The smallest absolute Gasteiger partial charge is 0.222 e. The Morgan fingerprint density at radius 3 is 2.52 bits per heavy atom. The third-order valence-corrected chi connectivity index (χ3v) is 5.25. The van der Waals surface area contributed by atoms with Gasteiger partial charge in [-0.2, -0.15) is 0 Å². The Kier molecular flexibility index (Phi) is 10.6. The van der Waals surface area contributed by atoms with Gasteiger partial charge < -0.3 is 20.3 Å². The number of hydrogen-bond donors (Lipinski definition) is 2. The van der Waals surface area contributed by atoms with Crippen molar-refractivity contribution in [3.8, 4) is 5.75 Å². The zero-order chi connectivity index (χ0) is 21.2. The number of aliphatic imine (C=N–C) groups is 1. The molecular weight excluding hydrogens is 503 g/mol. The van der Waals surface area contributed by atoms with Crippen LogP contribution in [-0.2, 0) is 17.8 Å². The molecule has 0 bridgehead atoms. The molecule has 2 N–H and O–H groups in total. The number of aryl methyl sites for hydroxylation is 1. The number of nitrogens with zero attached hydrogens (tertiary/aromatic N) is 2. The van der Waals surface area contributed by atoms with Crippen molar-refractivity contribution in [2.24, 2.45) is 4.99 Å². The highest BCUT2D eigenvalue weighted by Gasteiger charge is 2.19. The molecule has 0 saturated carbocycles. The van der Waals surface area contributed by atoms with Gasteiger partial charge in [-0.05, 0) is 43.0 Å². The average Bonchev–Trinajstić information content (AvgIpc) is 2.78. The highest BCUT2D eigenvalue weighted by molar-refractivity contribution is 14.0. The molecule has 2 aromatic carbocycles. The van der Waals surface area contributed by atoms with Crippen molar-refractivity contribution in [2.45, 2.75) is 32.7 Å². The molecule has 0 unspecified atom stereocenters. The van der Waals surface area contributed by atoms with Crippen molar-refractivity contribution >= 4 is 35.8 Å². The first-order chi connectivity index (χ1) is 14.7. The molecule has 0 saturated heterocycles. The van der Waals surface area contributed by atoms with E-state index in [9.17, 15) is 4.79 Å². The lowest BCUT2D eigenvalue weighted by molar-refractivity contribution is -0.132. The summed E-state index contributed by atoms with van der Waals surface area (Å²) in [5.41, 5.74) is 3.85. The summed E-state index contributed by atoms with van der Waals surface area (Å²) in [6, 6.07) is 16.4. The van der Waals surface area contributed by atoms with Crippen LogP contribution in [0.1, 0.15) is 29.5 Å². The normalized spacial score (nSPS) is 13.1. The SMILES string of the molecule is CN=C(NCCCC(=O)N1CCc2ccccc2C1)NCCOc1ccc(C)cc1.I. The standard InChI is InChI=1S/C24H32N4O2.HI/c1-19-9-11-22(12-10-19)30-17-15-27-24(25-2)26-14-5-8-23(29)28-16-13-20-6-3-4-7-21(20)18-28;/h3-4,6-7,9-12H,5,8,13-18H2,1-2H3,(H2,25,26,27);1H. The monoisotopic (exact) mass is 536 g/mol. The molecule has 0 radical (unpaired) electrons. The fraction of sp³-hybridized carbons (Fsp3) is 0.417. The second-order valence-corrected chi connectivity index (χ2v) is 7.52. The summed E-state index contributed by atoms with van der Waals surface area (Å²) in [5.74, 6) is 1.81. The highest BCUT2D eigenvalue weighted by atomic mass is 127. The lowest BCUT2D eigenvalue weighted by atomic mass is 9.99. The Balaban J connectivity index is 0.00000341. The van der Waals surface area contributed by atoms with Crippen molar-refractivity contribution < 1.29 is 9.53 Å². The van der Waals surface area contributed by atoms with Gasteiger partial charge in [0.15, 0.2) is 5.96 Å². The molecule has 0 aliphatic carbocycles. The van der Waals surface area contributed by atoms with E-state index in [2.05, 4.69) is 40.7 Å². The van der Waals surface area contributed by atoms with Crippen LogP contribution >= 0.6 is 24.0 Å². The number of benzene rings is 2. The predicted octanol–water partition coefficient (Wildman–Crippen LogP) is 3.52. The minimum Gasteiger partial charge on any atom is -0.492 e. The number of guanidine groups is 1. The van der Waals surface area contributed by atoms with Gasteiger partial charge in [0.1, 0.15) is 12.4 Å². The first kappa shape index (κ1) is 25.0. The highest BCUT2D eigenvalue weighted by Crippen LogP contribution is 2.19. The van der Waals surface area contributed by atoms with E-state index in [0.717, 1.165) is 37.6 Å². The van der Waals surface area contributed by atoms with E-state index in [-0.39, 0.29) is 29.9 Å². The summed E-state index contributed by atoms with van der Waals surface area (Å²) in [7, 11) is 1.74. The molecule has 31 heavy (non-hydrogen) atoms. The molecule has 7 heteroatoms. The van der Waals surface area contributed by atoms with Gasteiger partial charge in [0.05, 0.1) is 6.54 Å². The molecule has 1 amide bonds. The van der Waals surface area contributed by atoms with E-state index in [1.165, 1.54) is 16.7 Å². The molecule has 0 aromatic heterocycles. The molecule has 0 atom stereocenters. The van der Waals surface area contributed by atoms with Gasteiger partial charge in [0, 0.05) is 33.1 Å². The molecule has 3 rings (SSSR count). The summed E-state index contributed by atoms with van der Waals surface area (Å²) in [5, 5.41) is 6.49. The van der Waals surface area contributed by atoms with Gasteiger partial charge in [-0.1, -0.05) is 42.0 Å². The summed E-state index contributed by atoms with van der Waals surface area (Å²) in [4.78, 5) is 18.7. The topological polar surface area (TPSA) is 66.0 Å². The molecule has 1 aliphatic heterocycles. The summed E-state index contributed by atoms with van der Waals surface area (Å²) in [6.07, 6.45) is 2.27. The molecule has 1 aliphatic rings. The van der Waals surface area contributed by atoms with E-state index < -0.39 is 0 Å². The second-order valence-electron chi connectivity index (χ2n) is 7.52. The zero-order valence-corrected chi connectivity index (χ0v) is 20.7. The first-order valence-corrected chi connectivity index (χ1v) is 10.6. The maximum atomic E-state index is 12.5.